The number of alkyl halides is 3. The number of aromatic nitrogens is 2. The van der Waals surface area contributed by atoms with Crippen molar-refractivity contribution in [1.29, 1.82) is 0 Å². The topological polar surface area (TPSA) is 44.1 Å². The number of esters is 1. The van der Waals surface area contributed by atoms with Gasteiger partial charge in [-0.15, -0.1) is 0 Å². The fraction of sp³-hybridized carbons (Fsp3) is 0.300. The van der Waals surface area contributed by atoms with Gasteiger partial charge in [-0.2, -0.15) is 18.3 Å². The molecule has 4 nitrogen and oxygen atoms in total. The van der Waals surface area contributed by atoms with Crippen LogP contribution in [0.2, 0.25) is 0 Å². The highest BCUT2D eigenvalue weighted by Crippen LogP contribution is 2.32. The highest BCUT2D eigenvalue weighted by Gasteiger charge is 2.36. The molecular weight excluding hydrogens is 437 g/mol. The van der Waals surface area contributed by atoms with Crippen molar-refractivity contribution in [1.82, 2.24) is 9.78 Å². The fourth-order valence-electron chi connectivity index (χ4n) is 2.86. The number of ether oxygens (including phenoxy) is 1. The molecule has 0 aliphatic heterocycles. The van der Waals surface area contributed by atoms with Gasteiger partial charge in [-0.3, -0.25) is 9.48 Å². The Morgan fingerprint density at radius 3 is 2.46 bits per heavy atom. The van der Waals surface area contributed by atoms with Crippen LogP contribution in [0.25, 0.3) is 22.2 Å². The Morgan fingerprint density at radius 1 is 1.14 bits per heavy atom. The monoisotopic (exact) mass is 454 g/mol. The minimum Gasteiger partial charge on any atom is -0.456 e. The van der Waals surface area contributed by atoms with Gasteiger partial charge in [0.15, 0.2) is 6.61 Å². The van der Waals surface area contributed by atoms with Gasteiger partial charge in [0.1, 0.15) is 5.69 Å². The van der Waals surface area contributed by atoms with Crippen LogP contribution in [0.3, 0.4) is 0 Å². The Balaban J connectivity index is 1.96. The van der Waals surface area contributed by atoms with Crippen LogP contribution in [-0.2, 0) is 16.1 Å². The SMILES string of the molecule is CC(C)(Cn1nc(-c2ccccc2)c2ccc(Br)cc21)C(=O)OCC(F)(F)F. The maximum atomic E-state index is 12.4. The lowest BCUT2D eigenvalue weighted by Crippen LogP contribution is -2.34. The van der Waals surface area contributed by atoms with E-state index in [-0.39, 0.29) is 6.54 Å². The fourth-order valence-corrected chi connectivity index (χ4v) is 3.21. The molecule has 3 aromatic rings. The van der Waals surface area contributed by atoms with Crippen LogP contribution in [0.5, 0.6) is 0 Å². The molecule has 1 aromatic heterocycles. The molecule has 3 rings (SSSR count). The van der Waals surface area contributed by atoms with Gasteiger partial charge in [-0.1, -0.05) is 46.3 Å². The van der Waals surface area contributed by atoms with Crippen molar-refractivity contribution in [3.63, 3.8) is 0 Å². The third kappa shape index (κ3) is 4.55. The Kier molecular flexibility index (Phi) is 5.52. The first-order valence-corrected chi connectivity index (χ1v) is 9.32. The van der Waals surface area contributed by atoms with Crippen LogP contribution < -0.4 is 0 Å². The zero-order valence-corrected chi connectivity index (χ0v) is 16.8. The summed E-state index contributed by atoms with van der Waals surface area (Å²) in [5.74, 6) is -0.926. The second-order valence-electron chi connectivity index (χ2n) is 7.11. The van der Waals surface area contributed by atoms with E-state index in [0.717, 1.165) is 26.6 Å². The van der Waals surface area contributed by atoms with Gasteiger partial charge in [-0.05, 0) is 32.0 Å². The maximum absolute atomic E-state index is 12.4. The van der Waals surface area contributed by atoms with E-state index in [4.69, 9.17) is 0 Å². The summed E-state index contributed by atoms with van der Waals surface area (Å²) < 4.78 is 44.0. The van der Waals surface area contributed by atoms with Crippen molar-refractivity contribution < 1.29 is 22.7 Å². The van der Waals surface area contributed by atoms with E-state index in [1.807, 2.05) is 48.5 Å². The summed E-state index contributed by atoms with van der Waals surface area (Å²) in [5, 5.41) is 5.53. The van der Waals surface area contributed by atoms with E-state index in [2.05, 4.69) is 25.8 Å². The molecule has 8 heteroatoms. The summed E-state index contributed by atoms with van der Waals surface area (Å²) in [6.45, 7) is 1.55. The molecule has 0 saturated heterocycles. The van der Waals surface area contributed by atoms with Gasteiger partial charge in [0, 0.05) is 15.4 Å². The van der Waals surface area contributed by atoms with Crippen LogP contribution >= 0.6 is 15.9 Å². The average Bonchev–Trinajstić information content (AvgIpc) is 2.97. The van der Waals surface area contributed by atoms with Crippen molar-refractivity contribution in [2.45, 2.75) is 26.6 Å². The van der Waals surface area contributed by atoms with Crippen molar-refractivity contribution >= 4 is 32.8 Å². The standard InChI is InChI=1S/C20H18BrF3N2O2/c1-19(2,18(27)28-12-20(22,23)24)11-26-16-10-14(21)8-9-15(16)17(25-26)13-6-4-3-5-7-13/h3-10H,11-12H2,1-2H3. The zero-order chi connectivity index (χ0) is 20.5. The van der Waals surface area contributed by atoms with Crippen LogP contribution in [-0.4, -0.2) is 28.5 Å². The highest BCUT2D eigenvalue weighted by atomic mass is 79.9. The van der Waals surface area contributed by atoms with Gasteiger partial charge in [-0.25, -0.2) is 0 Å². The molecule has 0 amide bonds. The second kappa shape index (κ2) is 7.58. The van der Waals surface area contributed by atoms with E-state index >= 15 is 0 Å². The van der Waals surface area contributed by atoms with Crippen molar-refractivity contribution in [2.75, 3.05) is 6.61 Å². The lowest BCUT2D eigenvalue weighted by Gasteiger charge is -2.23. The molecule has 0 unspecified atom stereocenters. The molecule has 0 fully saturated rings. The molecule has 0 saturated carbocycles. The molecule has 0 N–H and O–H groups in total. The van der Waals surface area contributed by atoms with Crippen LogP contribution in [0.4, 0.5) is 13.2 Å². The summed E-state index contributed by atoms with van der Waals surface area (Å²) >= 11 is 3.43. The molecule has 0 aliphatic rings. The van der Waals surface area contributed by atoms with Gasteiger partial charge in [0.05, 0.1) is 17.5 Å². The predicted octanol–water partition coefficient (Wildman–Crippen LogP) is 5.60. The normalized spacial score (nSPS) is 12.4. The first-order valence-electron chi connectivity index (χ1n) is 8.52. The van der Waals surface area contributed by atoms with E-state index in [9.17, 15) is 18.0 Å². The van der Waals surface area contributed by atoms with E-state index in [0.29, 0.717) is 0 Å². The summed E-state index contributed by atoms with van der Waals surface area (Å²) in [6, 6.07) is 15.2. The average molecular weight is 455 g/mol. The largest absolute Gasteiger partial charge is 0.456 e. The van der Waals surface area contributed by atoms with Gasteiger partial charge < -0.3 is 4.74 Å². The molecule has 0 spiro atoms. The second-order valence-corrected chi connectivity index (χ2v) is 8.02. The Morgan fingerprint density at radius 2 is 1.82 bits per heavy atom. The zero-order valence-electron chi connectivity index (χ0n) is 15.3. The van der Waals surface area contributed by atoms with Gasteiger partial charge >= 0.3 is 12.1 Å². The quantitative estimate of drug-likeness (QED) is 0.471. The smallest absolute Gasteiger partial charge is 0.422 e. The van der Waals surface area contributed by atoms with Crippen molar-refractivity contribution in [3.8, 4) is 11.3 Å². The Bertz CT molecular complexity index is 998. The van der Waals surface area contributed by atoms with E-state index in [1.165, 1.54) is 0 Å². The predicted molar refractivity (Wildman–Crippen MR) is 104 cm³/mol. The van der Waals surface area contributed by atoms with Gasteiger partial charge in [0.25, 0.3) is 0 Å². The molecule has 0 radical (unpaired) electrons. The highest BCUT2D eigenvalue weighted by molar-refractivity contribution is 9.10. The molecule has 1 heterocycles. The number of nitrogens with zero attached hydrogens (tertiary/aromatic N) is 2. The maximum Gasteiger partial charge on any atom is 0.422 e. The molecule has 2 aromatic carbocycles. The number of rotatable bonds is 5. The van der Waals surface area contributed by atoms with Crippen LogP contribution in [0, 0.1) is 5.41 Å². The summed E-state index contributed by atoms with van der Waals surface area (Å²) in [5.41, 5.74) is 1.22. The van der Waals surface area contributed by atoms with E-state index in [1.54, 1.807) is 18.5 Å². The molecule has 148 valence electrons. The third-order valence-corrected chi connectivity index (χ3v) is 4.72. The first kappa shape index (κ1) is 20.4. The lowest BCUT2D eigenvalue weighted by atomic mass is 9.94. The summed E-state index contributed by atoms with van der Waals surface area (Å²) in [4.78, 5) is 12.2. The number of fused-ring (bicyclic) bond motifs is 1. The number of carbonyl (C=O) groups excluding carboxylic acids is 1. The number of benzene rings is 2. The number of halogens is 4. The number of hydrogen-bond donors (Lipinski definition) is 0. The minimum absolute atomic E-state index is 0.0729. The molecule has 0 atom stereocenters. The summed E-state index contributed by atoms with van der Waals surface area (Å²) in [7, 11) is 0. The first-order chi connectivity index (χ1) is 13.1. The number of hydrogen-bond acceptors (Lipinski definition) is 3. The third-order valence-electron chi connectivity index (χ3n) is 4.23. The van der Waals surface area contributed by atoms with Crippen LogP contribution in [0.1, 0.15) is 13.8 Å². The molecule has 28 heavy (non-hydrogen) atoms. The number of carbonyl (C=O) groups is 1. The van der Waals surface area contributed by atoms with Gasteiger partial charge in [0.2, 0.25) is 0 Å². The Labute approximate surface area is 168 Å². The van der Waals surface area contributed by atoms with Crippen LogP contribution in [0.15, 0.2) is 53.0 Å². The van der Waals surface area contributed by atoms with E-state index < -0.39 is 24.2 Å². The molecule has 0 bridgehead atoms. The van der Waals surface area contributed by atoms with Crippen molar-refractivity contribution in [2.24, 2.45) is 5.41 Å². The lowest BCUT2D eigenvalue weighted by molar-refractivity contribution is -0.193. The summed E-state index contributed by atoms with van der Waals surface area (Å²) in [6.07, 6.45) is -4.56. The Hall–Kier alpha value is -2.35. The van der Waals surface area contributed by atoms with Crippen molar-refractivity contribution in [3.05, 3.63) is 53.0 Å². The molecule has 0 aliphatic carbocycles. The minimum atomic E-state index is -4.56. The molecular formula is C20H18BrF3N2O2.